The van der Waals surface area contributed by atoms with E-state index >= 15 is 0 Å². The Morgan fingerprint density at radius 2 is 0.863 bits per heavy atom. The van der Waals surface area contributed by atoms with Gasteiger partial charge >= 0.3 is 0 Å². The highest BCUT2D eigenvalue weighted by Crippen LogP contribution is 2.54. The number of fused-ring (bicyclic) bond motifs is 9. The van der Waals surface area contributed by atoms with Gasteiger partial charge in [-0.25, -0.2) is 0 Å². The van der Waals surface area contributed by atoms with Gasteiger partial charge in [0, 0.05) is 0 Å². The van der Waals surface area contributed by atoms with E-state index in [9.17, 15) is 10.5 Å². The Bertz CT molecular complexity index is 3350. The average molecular weight is 643 g/mol. The minimum Gasteiger partial charge on any atom is -0.192 e. The molecule has 0 atom stereocenters. The molecule has 51 heavy (non-hydrogen) atoms. The Morgan fingerprint density at radius 1 is 0.353 bits per heavy atom. The highest BCUT2D eigenvalue weighted by Gasteiger charge is 2.25. The minimum atomic E-state index is 0.642. The molecule has 0 radical (unpaired) electrons. The van der Waals surface area contributed by atoms with E-state index in [0.717, 1.165) is 11.1 Å². The Kier molecular flexibility index (Phi) is 5.48. The van der Waals surface area contributed by atoms with Crippen LogP contribution in [-0.4, -0.2) is 0 Å². The molecule has 0 aliphatic rings. The van der Waals surface area contributed by atoms with Crippen molar-refractivity contribution in [3.8, 4) is 34.4 Å². The third kappa shape index (κ3) is 3.69. The highest BCUT2D eigenvalue weighted by molar-refractivity contribution is 6.43. The SMILES string of the molecule is Cc1ccc2c(c1)cc1c3c(-c4ccc(C#N)cc4)c4cc5c(cc4c(-c4ccc(C#N)cc4)c3c3cccc2c31)c1cccc2cccc5c21. The van der Waals surface area contributed by atoms with E-state index < -0.39 is 0 Å². The van der Waals surface area contributed by atoms with E-state index in [0.29, 0.717) is 11.1 Å². The third-order valence-corrected chi connectivity index (χ3v) is 11.2. The number of hydrogen-bond acceptors (Lipinski definition) is 2. The molecule has 11 aromatic carbocycles. The summed E-state index contributed by atoms with van der Waals surface area (Å²) in [4.78, 5) is 0. The number of rotatable bonds is 2. The van der Waals surface area contributed by atoms with E-state index in [4.69, 9.17) is 0 Å². The summed E-state index contributed by atoms with van der Waals surface area (Å²) in [7, 11) is 0. The third-order valence-electron chi connectivity index (χ3n) is 11.2. The van der Waals surface area contributed by atoms with Crippen molar-refractivity contribution in [3.63, 3.8) is 0 Å². The first-order valence-corrected chi connectivity index (χ1v) is 17.3. The summed E-state index contributed by atoms with van der Waals surface area (Å²) in [5, 5.41) is 39.3. The summed E-state index contributed by atoms with van der Waals surface area (Å²) in [6.45, 7) is 2.16. The molecule has 0 unspecified atom stereocenters. The van der Waals surface area contributed by atoms with Gasteiger partial charge in [0.25, 0.3) is 0 Å². The molecule has 0 spiro atoms. The molecule has 11 rings (SSSR count). The van der Waals surface area contributed by atoms with E-state index in [1.54, 1.807) is 0 Å². The molecule has 0 amide bonds. The summed E-state index contributed by atoms with van der Waals surface area (Å²) >= 11 is 0. The lowest BCUT2D eigenvalue weighted by molar-refractivity contribution is 1.48. The molecule has 0 saturated carbocycles. The van der Waals surface area contributed by atoms with Crippen molar-refractivity contribution in [1.82, 2.24) is 0 Å². The number of nitriles is 2. The summed E-state index contributed by atoms with van der Waals surface area (Å²) < 4.78 is 0. The number of hydrogen-bond donors (Lipinski definition) is 0. The van der Waals surface area contributed by atoms with Gasteiger partial charge in [0.15, 0.2) is 0 Å². The van der Waals surface area contributed by atoms with Crippen LogP contribution in [0.25, 0.3) is 108 Å². The first-order valence-electron chi connectivity index (χ1n) is 17.3. The van der Waals surface area contributed by atoms with Crippen LogP contribution in [0, 0.1) is 29.6 Å². The predicted octanol–water partition coefficient (Wildman–Crippen LogP) is 13.2. The van der Waals surface area contributed by atoms with Crippen LogP contribution in [0.1, 0.15) is 16.7 Å². The summed E-state index contributed by atoms with van der Waals surface area (Å²) in [6.07, 6.45) is 0. The number of aryl methyl sites for hydroxylation is 1. The van der Waals surface area contributed by atoms with Crippen molar-refractivity contribution in [3.05, 3.63) is 156 Å². The van der Waals surface area contributed by atoms with Gasteiger partial charge in [-0.2, -0.15) is 10.5 Å². The molecule has 0 bridgehead atoms. The highest BCUT2D eigenvalue weighted by atomic mass is 14.3. The molecule has 0 saturated heterocycles. The van der Waals surface area contributed by atoms with Crippen molar-refractivity contribution in [1.29, 1.82) is 10.5 Å². The molecule has 232 valence electrons. The Balaban J connectivity index is 1.46. The lowest BCUT2D eigenvalue weighted by atomic mass is 9.85. The fourth-order valence-electron chi connectivity index (χ4n) is 9.08. The minimum absolute atomic E-state index is 0.642. The Hall–Kier alpha value is -7.00. The zero-order valence-electron chi connectivity index (χ0n) is 27.7. The molecule has 0 aliphatic heterocycles. The van der Waals surface area contributed by atoms with E-state index in [2.05, 4.69) is 134 Å². The van der Waals surface area contributed by atoms with Gasteiger partial charge in [-0.05, 0) is 158 Å². The predicted molar refractivity (Wildman–Crippen MR) is 214 cm³/mol. The van der Waals surface area contributed by atoms with Crippen LogP contribution in [0.3, 0.4) is 0 Å². The molecule has 2 nitrogen and oxygen atoms in total. The molecule has 0 aliphatic carbocycles. The Labute approximate surface area is 293 Å². The molecule has 11 aromatic rings. The van der Waals surface area contributed by atoms with Crippen molar-refractivity contribution in [2.24, 2.45) is 0 Å². The van der Waals surface area contributed by atoms with Crippen molar-refractivity contribution in [2.45, 2.75) is 6.92 Å². The number of nitrogens with zero attached hydrogens (tertiary/aromatic N) is 2. The average Bonchev–Trinajstić information content (AvgIpc) is 3.67. The van der Waals surface area contributed by atoms with Crippen LogP contribution in [0.5, 0.6) is 0 Å². The van der Waals surface area contributed by atoms with Gasteiger partial charge in [-0.15, -0.1) is 0 Å². The normalized spacial score (nSPS) is 12.0. The van der Waals surface area contributed by atoms with Gasteiger partial charge in [-0.3, -0.25) is 0 Å². The van der Waals surface area contributed by atoms with Gasteiger partial charge in [0.05, 0.1) is 23.3 Å². The monoisotopic (exact) mass is 642 g/mol. The van der Waals surface area contributed by atoms with E-state index in [1.807, 2.05) is 24.3 Å². The fourth-order valence-corrected chi connectivity index (χ4v) is 9.08. The van der Waals surface area contributed by atoms with Crippen molar-refractivity contribution in [2.75, 3.05) is 0 Å². The molecule has 0 fully saturated rings. The standard InChI is InChI=1S/C49H26N2/c1-27-11-20-34-33(21-27)22-43-47-35(34)9-4-10-38(47)48-45(31-16-12-28(25-50)13-17-31)41-23-39-36-7-2-5-30-6-3-8-37(44(30)36)40(39)24-42(41)46(49(43)48)32-18-14-29(26-51)15-19-32/h2-24H,1H3. The Morgan fingerprint density at radius 3 is 1.43 bits per heavy atom. The van der Waals surface area contributed by atoms with Crippen molar-refractivity contribution < 1.29 is 0 Å². The van der Waals surface area contributed by atoms with Crippen LogP contribution in [0.15, 0.2) is 140 Å². The second-order valence-corrected chi connectivity index (χ2v) is 13.9. The van der Waals surface area contributed by atoms with E-state index in [-0.39, 0.29) is 0 Å². The van der Waals surface area contributed by atoms with Crippen LogP contribution in [-0.2, 0) is 0 Å². The number of benzene rings is 9. The van der Waals surface area contributed by atoms with Crippen LogP contribution in [0.2, 0.25) is 0 Å². The second-order valence-electron chi connectivity index (χ2n) is 13.9. The topological polar surface area (TPSA) is 47.6 Å². The van der Waals surface area contributed by atoms with Gasteiger partial charge in [0.1, 0.15) is 0 Å². The maximum absolute atomic E-state index is 9.76. The molecular formula is C49H26N2. The van der Waals surface area contributed by atoms with Gasteiger partial charge in [-0.1, -0.05) is 103 Å². The molecule has 0 heterocycles. The first-order chi connectivity index (χ1) is 25.1. The fraction of sp³-hybridized carbons (Fsp3) is 0.0204. The van der Waals surface area contributed by atoms with Crippen LogP contribution >= 0.6 is 0 Å². The maximum Gasteiger partial charge on any atom is 0.0991 e. The maximum atomic E-state index is 9.76. The summed E-state index contributed by atoms with van der Waals surface area (Å²) in [5.74, 6) is 0. The molecule has 2 heteroatoms. The lowest BCUT2D eigenvalue weighted by Gasteiger charge is -2.17. The lowest BCUT2D eigenvalue weighted by Crippen LogP contribution is -1.90. The zero-order valence-corrected chi connectivity index (χ0v) is 27.7. The molecule has 0 N–H and O–H groups in total. The largest absolute Gasteiger partial charge is 0.192 e. The second kappa shape index (κ2) is 10.0. The van der Waals surface area contributed by atoms with Crippen LogP contribution in [0.4, 0.5) is 0 Å². The van der Waals surface area contributed by atoms with Crippen molar-refractivity contribution >= 4 is 86.2 Å². The zero-order chi connectivity index (χ0) is 34.0. The summed E-state index contributed by atoms with van der Waals surface area (Å²) in [5.41, 5.74) is 7.04. The first kappa shape index (κ1) is 27.9. The van der Waals surface area contributed by atoms with Crippen LogP contribution < -0.4 is 0 Å². The van der Waals surface area contributed by atoms with Gasteiger partial charge < -0.3 is 0 Å². The molecule has 0 aromatic heterocycles. The smallest absolute Gasteiger partial charge is 0.0991 e. The van der Waals surface area contributed by atoms with Gasteiger partial charge in [0.2, 0.25) is 0 Å². The quantitative estimate of drug-likeness (QED) is 0.176. The van der Waals surface area contributed by atoms with E-state index in [1.165, 1.54) is 103 Å². The molecular weight excluding hydrogens is 617 g/mol. The summed E-state index contributed by atoms with van der Waals surface area (Å²) in [6, 6.07) is 54.8.